The largest absolute Gasteiger partial charge is 0.488 e. The summed E-state index contributed by atoms with van der Waals surface area (Å²) in [5, 5.41) is 0. The lowest BCUT2D eigenvalue weighted by Gasteiger charge is -2.24. The van der Waals surface area contributed by atoms with Crippen molar-refractivity contribution in [2.24, 2.45) is 4.99 Å². The molecule has 6 nitrogen and oxygen atoms in total. The average molecular weight is 590 g/mol. The van der Waals surface area contributed by atoms with Gasteiger partial charge in [-0.25, -0.2) is 9.79 Å². The van der Waals surface area contributed by atoms with Gasteiger partial charge in [-0.2, -0.15) is 0 Å². The average Bonchev–Trinajstić information content (AvgIpc) is 3.22. The number of carbonyl (C=O) groups is 1. The van der Waals surface area contributed by atoms with E-state index in [0.29, 0.717) is 33.0 Å². The zero-order valence-electron chi connectivity index (χ0n) is 20.9. The van der Waals surface area contributed by atoms with Crippen LogP contribution in [0.5, 0.6) is 5.75 Å². The van der Waals surface area contributed by atoms with E-state index in [9.17, 15) is 9.59 Å². The van der Waals surface area contributed by atoms with Crippen molar-refractivity contribution in [2.45, 2.75) is 26.5 Å². The van der Waals surface area contributed by atoms with Gasteiger partial charge in [0.25, 0.3) is 5.56 Å². The number of esters is 1. The standard InChI is InChI=1S/C30H25BrN2O4S/c1-3-36-29(35)26-19(2)32-30-33(27(26)22-12-8-5-9-13-22)28(34)25(38-30)17-21-14-15-24(23(31)16-21)37-18-20-10-6-4-7-11-20/h4-17,27H,3,18H2,1-2H3/b25-17-/t27-/m0/s1. The van der Waals surface area contributed by atoms with E-state index in [1.165, 1.54) is 11.3 Å². The van der Waals surface area contributed by atoms with Gasteiger partial charge < -0.3 is 9.47 Å². The third-order valence-corrected chi connectivity index (χ3v) is 7.73. The summed E-state index contributed by atoms with van der Waals surface area (Å²) in [5.74, 6) is 0.248. The van der Waals surface area contributed by atoms with Crippen LogP contribution in [0, 0.1) is 0 Å². The van der Waals surface area contributed by atoms with Gasteiger partial charge in [0.05, 0.1) is 32.9 Å². The molecule has 4 aromatic rings. The van der Waals surface area contributed by atoms with Crippen molar-refractivity contribution < 1.29 is 14.3 Å². The van der Waals surface area contributed by atoms with Crippen LogP contribution in [0.25, 0.3) is 6.08 Å². The van der Waals surface area contributed by atoms with E-state index in [4.69, 9.17) is 9.47 Å². The van der Waals surface area contributed by atoms with Crippen molar-refractivity contribution >= 4 is 39.3 Å². The minimum Gasteiger partial charge on any atom is -0.488 e. The maximum absolute atomic E-state index is 13.7. The minimum atomic E-state index is -0.617. The van der Waals surface area contributed by atoms with E-state index in [0.717, 1.165) is 21.2 Å². The second-order valence-electron chi connectivity index (χ2n) is 8.68. The second-order valence-corrected chi connectivity index (χ2v) is 10.5. The van der Waals surface area contributed by atoms with Crippen LogP contribution in [-0.2, 0) is 16.1 Å². The molecule has 1 aliphatic heterocycles. The number of rotatable bonds is 7. The predicted molar refractivity (Wildman–Crippen MR) is 152 cm³/mol. The number of hydrogen-bond donors (Lipinski definition) is 0. The summed E-state index contributed by atoms with van der Waals surface area (Å²) in [6, 6.07) is 24.5. The van der Waals surface area contributed by atoms with E-state index < -0.39 is 12.0 Å². The van der Waals surface area contributed by atoms with E-state index >= 15 is 0 Å². The molecule has 0 saturated heterocycles. The fraction of sp³-hybridized carbons (Fsp3) is 0.167. The molecule has 1 atom stereocenters. The molecule has 0 bridgehead atoms. The third-order valence-electron chi connectivity index (χ3n) is 6.12. The molecule has 0 aliphatic carbocycles. The van der Waals surface area contributed by atoms with Crippen molar-refractivity contribution in [1.29, 1.82) is 0 Å². The Morgan fingerprint density at radius 1 is 1.08 bits per heavy atom. The highest BCUT2D eigenvalue weighted by Crippen LogP contribution is 2.31. The molecule has 1 aromatic heterocycles. The lowest BCUT2D eigenvalue weighted by Crippen LogP contribution is -2.39. The summed E-state index contributed by atoms with van der Waals surface area (Å²) < 4.78 is 14.2. The Morgan fingerprint density at radius 2 is 1.79 bits per heavy atom. The van der Waals surface area contributed by atoms with Gasteiger partial charge in [0.1, 0.15) is 12.4 Å². The van der Waals surface area contributed by atoms with E-state index in [-0.39, 0.29) is 12.2 Å². The van der Waals surface area contributed by atoms with Crippen molar-refractivity contribution in [3.8, 4) is 5.75 Å². The number of ether oxygens (including phenoxy) is 2. The van der Waals surface area contributed by atoms with E-state index in [1.807, 2.05) is 84.9 Å². The van der Waals surface area contributed by atoms with E-state index in [1.54, 1.807) is 18.4 Å². The highest BCUT2D eigenvalue weighted by atomic mass is 79.9. The molecule has 0 saturated carbocycles. The van der Waals surface area contributed by atoms with Crippen LogP contribution in [0.1, 0.15) is 36.6 Å². The molecule has 8 heteroatoms. The predicted octanol–water partition coefficient (Wildman–Crippen LogP) is 5.14. The number of fused-ring (bicyclic) bond motifs is 1. The lowest BCUT2D eigenvalue weighted by atomic mass is 9.96. The van der Waals surface area contributed by atoms with Gasteiger partial charge >= 0.3 is 5.97 Å². The Labute approximate surface area is 232 Å². The van der Waals surface area contributed by atoms with Gasteiger partial charge in [0.2, 0.25) is 0 Å². The monoisotopic (exact) mass is 588 g/mol. The van der Waals surface area contributed by atoms with Gasteiger partial charge in [-0.15, -0.1) is 0 Å². The summed E-state index contributed by atoms with van der Waals surface area (Å²) in [6.07, 6.45) is 1.83. The summed E-state index contributed by atoms with van der Waals surface area (Å²) in [5.41, 5.74) is 3.45. The van der Waals surface area contributed by atoms with Gasteiger partial charge in [-0.05, 0) is 64.7 Å². The molecular formula is C30H25BrN2O4S. The van der Waals surface area contributed by atoms with Crippen LogP contribution in [-0.4, -0.2) is 17.1 Å². The Bertz CT molecular complexity index is 1690. The molecule has 5 rings (SSSR count). The van der Waals surface area contributed by atoms with Crippen LogP contribution >= 0.6 is 27.3 Å². The molecule has 192 valence electrons. The fourth-order valence-corrected chi connectivity index (χ4v) is 5.91. The van der Waals surface area contributed by atoms with Crippen molar-refractivity contribution in [2.75, 3.05) is 6.61 Å². The van der Waals surface area contributed by atoms with Crippen molar-refractivity contribution in [1.82, 2.24) is 4.57 Å². The first-order chi connectivity index (χ1) is 18.5. The Kier molecular flexibility index (Phi) is 7.72. The zero-order valence-corrected chi connectivity index (χ0v) is 23.3. The quantitative estimate of drug-likeness (QED) is 0.280. The smallest absolute Gasteiger partial charge is 0.338 e. The molecule has 0 N–H and O–H groups in total. The first-order valence-electron chi connectivity index (χ1n) is 12.2. The van der Waals surface area contributed by atoms with Crippen LogP contribution < -0.4 is 19.6 Å². The number of allylic oxidation sites excluding steroid dienone is 1. The molecule has 0 unspecified atom stereocenters. The SMILES string of the molecule is CCOC(=O)C1=C(C)N=c2s/c(=C\c3ccc(OCc4ccccc4)c(Br)c3)c(=O)n2[C@H]1c1ccccc1. The Balaban J connectivity index is 1.53. The fourth-order valence-electron chi connectivity index (χ4n) is 4.35. The first kappa shape index (κ1) is 25.9. The van der Waals surface area contributed by atoms with Gasteiger partial charge in [-0.3, -0.25) is 9.36 Å². The number of halogens is 1. The normalized spacial score (nSPS) is 15.1. The molecule has 0 amide bonds. The first-order valence-corrected chi connectivity index (χ1v) is 13.8. The molecule has 3 aromatic carbocycles. The Morgan fingerprint density at radius 3 is 2.47 bits per heavy atom. The molecule has 0 radical (unpaired) electrons. The van der Waals surface area contributed by atoms with Crippen LogP contribution in [0.4, 0.5) is 0 Å². The molecular weight excluding hydrogens is 564 g/mol. The lowest BCUT2D eigenvalue weighted by molar-refractivity contribution is -0.139. The van der Waals surface area contributed by atoms with Crippen LogP contribution in [0.2, 0.25) is 0 Å². The van der Waals surface area contributed by atoms with Crippen LogP contribution in [0.3, 0.4) is 0 Å². The molecule has 2 heterocycles. The van der Waals surface area contributed by atoms with Crippen molar-refractivity contribution in [3.05, 3.63) is 131 Å². The number of aromatic nitrogens is 1. The number of carbonyl (C=O) groups excluding carboxylic acids is 1. The Hall–Kier alpha value is -3.75. The van der Waals surface area contributed by atoms with Crippen LogP contribution in [0.15, 0.2) is 104 Å². The minimum absolute atomic E-state index is 0.211. The molecule has 1 aliphatic rings. The summed E-state index contributed by atoms with van der Waals surface area (Å²) >= 11 is 4.89. The summed E-state index contributed by atoms with van der Waals surface area (Å²) in [6.45, 7) is 4.24. The summed E-state index contributed by atoms with van der Waals surface area (Å²) in [4.78, 5) is 31.8. The number of thiazole rings is 1. The maximum Gasteiger partial charge on any atom is 0.338 e. The van der Waals surface area contributed by atoms with Gasteiger partial charge in [0, 0.05) is 0 Å². The maximum atomic E-state index is 13.7. The number of nitrogens with zero attached hydrogens (tertiary/aromatic N) is 2. The second kappa shape index (κ2) is 11.3. The topological polar surface area (TPSA) is 69.9 Å². The highest BCUT2D eigenvalue weighted by Gasteiger charge is 2.33. The van der Waals surface area contributed by atoms with Crippen molar-refractivity contribution in [3.63, 3.8) is 0 Å². The number of hydrogen-bond acceptors (Lipinski definition) is 6. The number of benzene rings is 3. The molecule has 0 fully saturated rings. The molecule has 0 spiro atoms. The third kappa shape index (κ3) is 5.28. The van der Waals surface area contributed by atoms with E-state index in [2.05, 4.69) is 20.9 Å². The van der Waals surface area contributed by atoms with Gasteiger partial charge in [-0.1, -0.05) is 78.1 Å². The zero-order chi connectivity index (χ0) is 26.6. The van der Waals surface area contributed by atoms with Gasteiger partial charge in [0.15, 0.2) is 4.80 Å². The molecule has 38 heavy (non-hydrogen) atoms. The summed E-state index contributed by atoms with van der Waals surface area (Å²) in [7, 11) is 0. The highest BCUT2D eigenvalue weighted by molar-refractivity contribution is 9.10.